The van der Waals surface area contributed by atoms with Gasteiger partial charge in [-0.3, -0.25) is 0 Å². The van der Waals surface area contributed by atoms with Crippen LogP contribution in [0.2, 0.25) is 0 Å². The lowest BCUT2D eigenvalue weighted by Gasteiger charge is -1.91. The highest BCUT2D eigenvalue weighted by Crippen LogP contribution is 1.62. The van der Waals surface area contributed by atoms with Gasteiger partial charge < -0.3 is 15.9 Å². The van der Waals surface area contributed by atoms with Gasteiger partial charge in [-0.2, -0.15) is 0 Å². The summed E-state index contributed by atoms with van der Waals surface area (Å²) in [6.45, 7) is 8.08. The number of aliphatic hydroxyl groups excluding tert-OH is 2. The van der Waals surface area contributed by atoms with Crippen LogP contribution < -0.4 is 5.73 Å². The van der Waals surface area contributed by atoms with Crippen LogP contribution in [0.1, 0.15) is 34.1 Å². The van der Waals surface area contributed by atoms with E-state index in [2.05, 4.69) is 0 Å². The molecule has 3 heteroatoms. The fourth-order valence-electron chi connectivity index (χ4n) is 0. The summed E-state index contributed by atoms with van der Waals surface area (Å²) in [6, 6.07) is -0.0602. The molecule has 0 fully saturated rings. The van der Waals surface area contributed by atoms with E-state index in [4.69, 9.17) is 15.9 Å². The second kappa shape index (κ2) is 22.5. The van der Waals surface area contributed by atoms with E-state index in [1.165, 1.54) is 0 Å². The van der Waals surface area contributed by atoms with Gasteiger partial charge in [0.15, 0.2) is 0 Å². The van der Waals surface area contributed by atoms with Crippen LogP contribution in [0, 0.1) is 0 Å². The van der Waals surface area contributed by atoms with Crippen molar-refractivity contribution in [3.63, 3.8) is 0 Å². The number of nitrogens with two attached hydrogens (primary N) is 1. The quantitative estimate of drug-likeness (QED) is 0.565. The molecule has 0 saturated carbocycles. The van der Waals surface area contributed by atoms with Gasteiger partial charge in [-0.05, 0) is 13.3 Å². The molecule has 0 bridgehead atoms. The van der Waals surface area contributed by atoms with Gasteiger partial charge in [-0.15, -0.1) is 0 Å². The van der Waals surface area contributed by atoms with Crippen LogP contribution in [0.25, 0.3) is 0 Å². The average Bonchev–Trinajstić information content (AvgIpc) is 2.08. The van der Waals surface area contributed by atoms with E-state index >= 15 is 0 Å². The minimum Gasteiger partial charge on any atom is -0.396 e. The zero-order valence-electron chi connectivity index (χ0n) is 8.17. The molecule has 0 aromatic heterocycles. The molecular weight excluding hydrogens is 142 g/mol. The van der Waals surface area contributed by atoms with Gasteiger partial charge in [-0.25, -0.2) is 0 Å². The minimum atomic E-state index is -0.0602. The van der Waals surface area contributed by atoms with Gasteiger partial charge in [0.25, 0.3) is 0 Å². The predicted octanol–water partition coefficient (Wildman–Crippen LogP) is 0.741. The third-order valence-corrected chi connectivity index (χ3v) is 0.512. The van der Waals surface area contributed by atoms with Crippen molar-refractivity contribution in [3.05, 3.63) is 0 Å². The van der Waals surface area contributed by atoms with Crippen molar-refractivity contribution in [1.29, 1.82) is 0 Å². The molecular formula is C8H23NO2. The average molecular weight is 165 g/mol. The molecule has 1 unspecified atom stereocenters. The SMILES string of the molecule is CC.CC(N)CO.CCCO. The molecule has 11 heavy (non-hydrogen) atoms. The van der Waals surface area contributed by atoms with Gasteiger partial charge >= 0.3 is 0 Å². The summed E-state index contributed by atoms with van der Waals surface area (Å²) in [4.78, 5) is 0. The van der Waals surface area contributed by atoms with Crippen molar-refractivity contribution in [2.45, 2.75) is 40.2 Å². The Bertz CT molecular complexity index is 39.1. The van der Waals surface area contributed by atoms with Crippen LogP contribution in [0.4, 0.5) is 0 Å². The summed E-state index contributed by atoms with van der Waals surface area (Å²) in [5, 5.41) is 15.9. The summed E-state index contributed by atoms with van der Waals surface area (Å²) < 4.78 is 0. The van der Waals surface area contributed by atoms with E-state index in [9.17, 15) is 0 Å². The monoisotopic (exact) mass is 165 g/mol. The molecule has 0 saturated heterocycles. The fraction of sp³-hybridized carbons (Fsp3) is 1.00. The Morgan fingerprint density at radius 2 is 1.45 bits per heavy atom. The van der Waals surface area contributed by atoms with Crippen molar-refractivity contribution >= 4 is 0 Å². The maximum Gasteiger partial charge on any atom is 0.0579 e. The molecule has 0 aliphatic rings. The van der Waals surface area contributed by atoms with Crippen molar-refractivity contribution in [2.24, 2.45) is 5.73 Å². The number of aliphatic hydroxyl groups is 2. The van der Waals surface area contributed by atoms with Crippen LogP contribution >= 0.6 is 0 Å². The van der Waals surface area contributed by atoms with Gasteiger partial charge in [0.2, 0.25) is 0 Å². The zero-order valence-corrected chi connectivity index (χ0v) is 8.17. The molecule has 0 aromatic carbocycles. The minimum absolute atomic E-state index is 0.0602. The largest absolute Gasteiger partial charge is 0.396 e. The first-order valence-corrected chi connectivity index (χ1v) is 4.16. The molecule has 3 nitrogen and oxygen atoms in total. The van der Waals surface area contributed by atoms with E-state index in [1.54, 1.807) is 6.92 Å². The highest BCUT2D eigenvalue weighted by molar-refractivity contribution is 4.43. The molecule has 0 aromatic rings. The number of rotatable bonds is 2. The highest BCUT2D eigenvalue weighted by atomic mass is 16.3. The Hall–Kier alpha value is -0.120. The van der Waals surface area contributed by atoms with E-state index < -0.39 is 0 Å². The van der Waals surface area contributed by atoms with Crippen LogP contribution in [0.15, 0.2) is 0 Å². The Morgan fingerprint density at radius 1 is 1.27 bits per heavy atom. The van der Waals surface area contributed by atoms with E-state index in [1.807, 2.05) is 20.8 Å². The molecule has 0 spiro atoms. The molecule has 0 aliphatic heterocycles. The van der Waals surface area contributed by atoms with Crippen molar-refractivity contribution in [3.8, 4) is 0 Å². The maximum atomic E-state index is 8.02. The summed E-state index contributed by atoms with van der Waals surface area (Å²) in [6.07, 6.45) is 0.875. The molecule has 0 rings (SSSR count). The van der Waals surface area contributed by atoms with Crippen LogP contribution in [-0.2, 0) is 0 Å². The molecule has 1 atom stereocenters. The molecule has 72 valence electrons. The molecule has 0 amide bonds. The second-order valence-electron chi connectivity index (χ2n) is 1.88. The van der Waals surface area contributed by atoms with Gasteiger partial charge in [0.1, 0.15) is 0 Å². The Kier molecular flexibility index (Phi) is 35.0. The van der Waals surface area contributed by atoms with E-state index in [-0.39, 0.29) is 12.6 Å². The summed E-state index contributed by atoms with van der Waals surface area (Å²) in [5.41, 5.74) is 5.04. The third-order valence-electron chi connectivity index (χ3n) is 0.512. The van der Waals surface area contributed by atoms with Gasteiger partial charge in [0, 0.05) is 12.6 Å². The second-order valence-corrected chi connectivity index (χ2v) is 1.88. The van der Waals surface area contributed by atoms with Crippen molar-refractivity contribution in [1.82, 2.24) is 0 Å². The maximum absolute atomic E-state index is 8.02. The van der Waals surface area contributed by atoms with Crippen LogP contribution in [-0.4, -0.2) is 29.5 Å². The first-order valence-electron chi connectivity index (χ1n) is 4.16. The lowest BCUT2D eigenvalue weighted by molar-refractivity contribution is 0.273. The number of hydrogen-bond donors (Lipinski definition) is 3. The smallest absolute Gasteiger partial charge is 0.0579 e. The zero-order chi connectivity index (χ0) is 9.70. The van der Waals surface area contributed by atoms with Crippen LogP contribution in [0.3, 0.4) is 0 Å². The standard InChI is InChI=1S/C3H9NO.C3H8O.C2H6/c1-3(4)2-5;1-2-3-4;1-2/h3,5H,2,4H2,1H3;4H,2-3H2,1H3;1-2H3. The highest BCUT2D eigenvalue weighted by Gasteiger charge is 1.81. The van der Waals surface area contributed by atoms with E-state index in [0.29, 0.717) is 6.61 Å². The Morgan fingerprint density at radius 3 is 1.45 bits per heavy atom. The van der Waals surface area contributed by atoms with Crippen molar-refractivity contribution in [2.75, 3.05) is 13.2 Å². The first-order chi connectivity index (χ1) is 5.18. The Labute approximate surface area is 70.2 Å². The van der Waals surface area contributed by atoms with Gasteiger partial charge in [0.05, 0.1) is 6.61 Å². The van der Waals surface area contributed by atoms with Gasteiger partial charge in [-0.1, -0.05) is 20.8 Å². The predicted molar refractivity (Wildman–Crippen MR) is 49.5 cm³/mol. The summed E-state index contributed by atoms with van der Waals surface area (Å²) in [5.74, 6) is 0. The Balaban J connectivity index is -0.0000000965. The first kappa shape index (κ1) is 17.1. The van der Waals surface area contributed by atoms with E-state index in [0.717, 1.165) is 6.42 Å². The van der Waals surface area contributed by atoms with Crippen LogP contribution in [0.5, 0.6) is 0 Å². The van der Waals surface area contributed by atoms with Crippen molar-refractivity contribution < 1.29 is 10.2 Å². The molecule has 0 aliphatic carbocycles. The number of hydrogen-bond acceptors (Lipinski definition) is 3. The normalized spacial score (nSPS) is 10.1. The topological polar surface area (TPSA) is 66.5 Å². The lowest BCUT2D eigenvalue weighted by Crippen LogP contribution is -2.18. The summed E-state index contributed by atoms with van der Waals surface area (Å²) in [7, 11) is 0. The molecule has 0 radical (unpaired) electrons. The fourth-order valence-corrected chi connectivity index (χ4v) is 0. The summed E-state index contributed by atoms with van der Waals surface area (Å²) >= 11 is 0. The third kappa shape index (κ3) is 74.0. The molecule has 0 heterocycles. The molecule has 4 N–H and O–H groups in total. The lowest BCUT2D eigenvalue weighted by atomic mass is 10.4.